The Hall–Kier alpha value is -1.81. The molecular formula is C20H28N2O2. The molecule has 24 heavy (non-hydrogen) atoms. The van der Waals surface area contributed by atoms with E-state index in [1.54, 1.807) is 6.26 Å². The number of hydrogen-bond acceptors (Lipinski definition) is 3. The lowest BCUT2D eigenvalue weighted by Gasteiger charge is -2.26. The fourth-order valence-corrected chi connectivity index (χ4v) is 3.72. The summed E-state index contributed by atoms with van der Waals surface area (Å²) in [6.07, 6.45) is 6.05. The van der Waals surface area contributed by atoms with Crippen LogP contribution < -0.4 is 11.1 Å². The minimum atomic E-state index is 0.0739. The molecule has 1 aromatic carbocycles. The lowest BCUT2D eigenvalue weighted by atomic mass is 9.91. The van der Waals surface area contributed by atoms with Crippen LogP contribution in [0, 0.1) is 6.92 Å². The van der Waals surface area contributed by atoms with Gasteiger partial charge in [0.15, 0.2) is 0 Å². The number of fused-ring (bicyclic) bond motifs is 1. The maximum absolute atomic E-state index is 12.4. The van der Waals surface area contributed by atoms with Crippen LogP contribution in [0.25, 0.3) is 11.0 Å². The summed E-state index contributed by atoms with van der Waals surface area (Å²) in [4.78, 5) is 12.4. The number of nitrogens with two attached hydrogens (primary N) is 1. The number of amides is 1. The number of benzene rings is 1. The first-order valence-corrected chi connectivity index (χ1v) is 8.99. The Labute approximate surface area is 143 Å². The number of aryl methyl sites for hydroxylation is 1. The lowest BCUT2D eigenvalue weighted by molar-refractivity contribution is -0.121. The number of carbonyl (C=O) groups is 1. The molecule has 4 heteroatoms. The van der Waals surface area contributed by atoms with E-state index >= 15 is 0 Å². The van der Waals surface area contributed by atoms with E-state index in [0.29, 0.717) is 18.4 Å². The van der Waals surface area contributed by atoms with Crippen molar-refractivity contribution in [1.82, 2.24) is 5.32 Å². The van der Waals surface area contributed by atoms with Crippen LogP contribution in [0.4, 0.5) is 0 Å². The zero-order valence-electron chi connectivity index (χ0n) is 14.9. The van der Waals surface area contributed by atoms with Gasteiger partial charge in [-0.2, -0.15) is 0 Å². The van der Waals surface area contributed by atoms with Crippen molar-refractivity contribution in [3.8, 4) is 0 Å². The van der Waals surface area contributed by atoms with Gasteiger partial charge in [-0.05, 0) is 61.8 Å². The van der Waals surface area contributed by atoms with E-state index in [2.05, 4.69) is 38.2 Å². The summed E-state index contributed by atoms with van der Waals surface area (Å²) in [6.45, 7) is 6.49. The highest BCUT2D eigenvalue weighted by molar-refractivity contribution is 5.88. The van der Waals surface area contributed by atoms with E-state index in [9.17, 15) is 4.79 Å². The van der Waals surface area contributed by atoms with Crippen LogP contribution in [0.5, 0.6) is 0 Å². The summed E-state index contributed by atoms with van der Waals surface area (Å²) < 4.78 is 5.67. The van der Waals surface area contributed by atoms with Gasteiger partial charge in [-0.1, -0.05) is 13.8 Å². The summed E-state index contributed by atoms with van der Waals surface area (Å²) in [5.74, 6) is 0.530. The molecular weight excluding hydrogens is 300 g/mol. The second-order valence-corrected chi connectivity index (χ2v) is 7.48. The van der Waals surface area contributed by atoms with Crippen LogP contribution in [-0.2, 0) is 11.2 Å². The number of rotatable bonds is 4. The van der Waals surface area contributed by atoms with E-state index in [0.717, 1.165) is 42.2 Å². The van der Waals surface area contributed by atoms with E-state index < -0.39 is 0 Å². The molecule has 0 spiro atoms. The highest BCUT2D eigenvalue weighted by Gasteiger charge is 2.21. The van der Waals surface area contributed by atoms with Crippen molar-refractivity contribution in [2.45, 2.75) is 70.9 Å². The van der Waals surface area contributed by atoms with Gasteiger partial charge in [0.25, 0.3) is 0 Å². The van der Waals surface area contributed by atoms with E-state index in [-0.39, 0.29) is 11.9 Å². The fourth-order valence-electron chi connectivity index (χ4n) is 3.72. The van der Waals surface area contributed by atoms with Crippen molar-refractivity contribution < 1.29 is 9.21 Å². The summed E-state index contributed by atoms with van der Waals surface area (Å²) in [5.41, 5.74) is 10.3. The average molecular weight is 328 g/mol. The molecule has 1 amide bonds. The van der Waals surface area contributed by atoms with Gasteiger partial charge in [-0.15, -0.1) is 0 Å². The van der Waals surface area contributed by atoms with Gasteiger partial charge in [0, 0.05) is 23.0 Å². The van der Waals surface area contributed by atoms with Gasteiger partial charge >= 0.3 is 0 Å². The smallest absolute Gasteiger partial charge is 0.224 e. The number of furan rings is 1. The van der Waals surface area contributed by atoms with Crippen molar-refractivity contribution in [3.05, 3.63) is 35.1 Å². The van der Waals surface area contributed by atoms with Crippen molar-refractivity contribution in [3.63, 3.8) is 0 Å². The first-order chi connectivity index (χ1) is 11.4. The van der Waals surface area contributed by atoms with Gasteiger partial charge in [-0.25, -0.2) is 0 Å². The van der Waals surface area contributed by atoms with Crippen LogP contribution in [-0.4, -0.2) is 18.0 Å². The minimum Gasteiger partial charge on any atom is -0.464 e. The molecule has 1 aliphatic rings. The van der Waals surface area contributed by atoms with Gasteiger partial charge in [-0.3, -0.25) is 4.79 Å². The predicted octanol–water partition coefficient (Wildman–Crippen LogP) is 3.79. The van der Waals surface area contributed by atoms with Crippen molar-refractivity contribution >= 4 is 16.9 Å². The molecule has 0 bridgehead atoms. The van der Waals surface area contributed by atoms with Crippen LogP contribution in [0.15, 0.2) is 22.8 Å². The van der Waals surface area contributed by atoms with Crippen LogP contribution in [0.3, 0.4) is 0 Å². The largest absolute Gasteiger partial charge is 0.464 e. The Balaban J connectivity index is 1.72. The van der Waals surface area contributed by atoms with Gasteiger partial charge in [0.2, 0.25) is 5.91 Å². The molecule has 2 aromatic rings. The molecule has 1 heterocycles. The zero-order chi connectivity index (χ0) is 17.3. The Morgan fingerprint density at radius 3 is 2.67 bits per heavy atom. The van der Waals surface area contributed by atoms with E-state index in [1.807, 2.05) is 0 Å². The molecule has 4 nitrogen and oxygen atoms in total. The predicted molar refractivity (Wildman–Crippen MR) is 97.1 cm³/mol. The molecule has 1 saturated carbocycles. The van der Waals surface area contributed by atoms with Gasteiger partial charge < -0.3 is 15.5 Å². The Morgan fingerprint density at radius 1 is 1.29 bits per heavy atom. The first kappa shape index (κ1) is 17.0. The zero-order valence-corrected chi connectivity index (χ0v) is 14.9. The molecule has 0 saturated heterocycles. The molecule has 3 rings (SSSR count). The number of nitrogens with one attached hydrogen (secondary N) is 1. The maximum Gasteiger partial charge on any atom is 0.224 e. The van der Waals surface area contributed by atoms with Gasteiger partial charge in [0.1, 0.15) is 5.58 Å². The third-order valence-electron chi connectivity index (χ3n) is 5.15. The highest BCUT2D eigenvalue weighted by atomic mass is 16.3. The summed E-state index contributed by atoms with van der Waals surface area (Å²) >= 11 is 0. The monoisotopic (exact) mass is 328 g/mol. The fraction of sp³-hybridized carbons (Fsp3) is 0.550. The Bertz CT molecular complexity index is 725. The van der Waals surface area contributed by atoms with Crippen LogP contribution in [0.1, 0.15) is 62.1 Å². The summed E-state index contributed by atoms with van der Waals surface area (Å²) in [5, 5.41) is 4.22. The number of hydrogen-bond donors (Lipinski definition) is 2. The second kappa shape index (κ2) is 6.98. The Morgan fingerprint density at radius 2 is 2.00 bits per heavy atom. The third-order valence-corrected chi connectivity index (χ3v) is 5.15. The molecule has 3 N–H and O–H groups in total. The van der Waals surface area contributed by atoms with Crippen molar-refractivity contribution in [2.75, 3.05) is 0 Å². The lowest BCUT2D eigenvalue weighted by Crippen LogP contribution is -2.41. The van der Waals surface area contributed by atoms with Crippen LogP contribution >= 0.6 is 0 Å². The van der Waals surface area contributed by atoms with Gasteiger partial charge in [0.05, 0.1) is 12.7 Å². The molecule has 130 valence electrons. The molecule has 0 unspecified atom stereocenters. The third kappa shape index (κ3) is 3.64. The molecule has 1 aliphatic carbocycles. The minimum absolute atomic E-state index is 0.0739. The van der Waals surface area contributed by atoms with Crippen molar-refractivity contribution in [1.29, 1.82) is 0 Å². The van der Waals surface area contributed by atoms with E-state index in [4.69, 9.17) is 10.2 Å². The van der Waals surface area contributed by atoms with Crippen molar-refractivity contribution in [2.24, 2.45) is 5.73 Å². The summed E-state index contributed by atoms with van der Waals surface area (Å²) in [7, 11) is 0. The summed E-state index contributed by atoms with van der Waals surface area (Å²) in [6, 6.07) is 4.83. The molecule has 0 aliphatic heterocycles. The maximum atomic E-state index is 12.4. The molecule has 0 atom stereocenters. The van der Waals surface area contributed by atoms with Crippen LogP contribution in [0.2, 0.25) is 0 Å². The normalized spacial score (nSPS) is 21.4. The SMILES string of the molecule is Cc1cc2occ(CC(=O)NC3CCC(N)CC3)c2cc1C(C)C. The molecule has 0 radical (unpaired) electrons. The molecule has 1 aromatic heterocycles. The second-order valence-electron chi connectivity index (χ2n) is 7.48. The first-order valence-electron chi connectivity index (χ1n) is 8.99. The Kier molecular flexibility index (Phi) is 4.95. The standard InChI is InChI=1S/C20H28N2O2/c1-12(2)17-10-18-14(11-24-19(18)8-13(17)3)9-20(23)22-16-6-4-15(21)5-7-16/h8,10-12,15-16H,4-7,9,21H2,1-3H3,(H,22,23). The topological polar surface area (TPSA) is 68.3 Å². The van der Waals surface area contributed by atoms with E-state index in [1.165, 1.54) is 11.1 Å². The average Bonchev–Trinajstić information content (AvgIpc) is 2.90. The number of carbonyl (C=O) groups excluding carboxylic acids is 1. The molecule has 1 fully saturated rings. The quantitative estimate of drug-likeness (QED) is 0.897. The highest BCUT2D eigenvalue weighted by Crippen LogP contribution is 2.29.